The molecule has 9 heteroatoms. The Balaban J connectivity index is 2.78. The van der Waals surface area contributed by atoms with Gasteiger partial charge in [-0.1, -0.05) is 0 Å². The fourth-order valence-electron chi connectivity index (χ4n) is 2.02. The predicted octanol–water partition coefficient (Wildman–Crippen LogP) is 0.315. The lowest BCUT2D eigenvalue weighted by Gasteiger charge is -2.32. The van der Waals surface area contributed by atoms with Gasteiger partial charge in [0.15, 0.2) is 0 Å². The number of likely N-dealkylation sites (N-methyl/N-ethyl adjacent to an activating group) is 1. The van der Waals surface area contributed by atoms with E-state index in [1.807, 2.05) is 0 Å². The Morgan fingerprint density at radius 1 is 1.43 bits per heavy atom. The third-order valence-electron chi connectivity index (χ3n) is 3.14. The highest BCUT2D eigenvalue weighted by molar-refractivity contribution is 5.86. The second-order valence-electron chi connectivity index (χ2n) is 6.25. The van der Waals surface area contributed by atoms with Crippen molar-refractivity contribution in [1.82, 2.24) is 20.6 Å². The molecule has 0 aromatic rings. The number of hydroxylamine groups is 2. The van der Waals surface area contributed by atoms with Crippen LogP contribution in [0.3, 0.4) is 0 Å². The van der Waals surface area contributed by atoms with Crippen molar-refractivity contribution in [3.63, 3.8) is 0 Å². The number of rotatable bonds is 5. The fourth-order valence-corrected chi connectivity index (χ4v) is 2.02. The Labute approximate surface area is 136 Å². The van der Waals surface area contributed by atoms with E-state index < -0.39 is 23.6 Å². The highest BCUT2D eigenvalue weighted by atomic mass is 16.7. The van der Waals surface area contributed by atoms with Crippen LogP contribution in [0.5, 0.6) is 0 Å². The van der Waals surface area contributed by atoms with Crippen LogP contribution < -0.4 is 10.6 Å². The molecule has 0 bridgehead atoms. The number of nitrogens with one attached hydrogen (secondary N) is 2. The third-order valence-corrected chi connectivity index (χ3v) is 3.14. The van der Waals surface area contributed by atoms with Gasteiger partial charge in [0.05, 0.1) is 13.7 Å². The van der Waals surface area contributed by atoms with Crippen LogP contribution >= 0.6 is 0 Å². The van der Waals surface area contributed by atoms with Crippen molar-refractivity contribution >= 4 is 18.0 Å². The molecule has 1 heterocycles. The quantitative estimate of drug-likeness (QED) is 0.707. The molecule has 0 unspecified atom stereocenters. The van der Waals surface area contributed by atoms with Gasteiger partial charge in [0.1, 0.15) is 11.6 Å². The molecule has 0 aromatic heterocycles. The zero-order valence-electron chi connectivity index (χ0n) is 14.3. The van der Waals surface area contributed by atoms with Gasteiger partial charge in [0.25, 0.3) is 5.91 Å². The van der Waals surface area contributed by atoms with Gasteiger partial charge in [0, 0.05) is 20.1 Å². The molecule has 4 amide bonds. The molecule has 1 aliphatic rings. The first-order chi connectivity index (χ1) is 10.6. The van der Waals surface area contributed by atoms with Gasteiger partial charge in [-0.15, -0.1) is 0 Å². The van der Waals surface area contributed by atoms with Crippen LogP contribution in [0.4, 0.5) is 9.59 Å². The Kier molecular flexibility index (Phi) is 6.62. The Bertz CT molecular complexity index is 449. The van der Waals surface area contributed by atoms with E-state index in [0.717, 1.165) is 11.5 Å². The van der Waals surface area contributed by atoms with Crippen molar-refractivity contribution in [3.05, 3.63) is 0 Å². The number of amides is 4. The molecule has 2 N–H and O–H groups in total. The molecule has 1 atom stereocenters. The summed E-state index contributed by atoms with van der Waals surface area (Å²) in [5.74, 6) is -0.475. The van der Waals surface area contributed by atoms with Gasteiger partial charge >= 0.3 is 12.1 Å². The predicted molar refractivity (Wildman–Crippen MR) is 82.5 cm³/mol. The first-order valence-corrected chi connectivity index (χ1v) is 7.48. The fraction of sp³-hybridized carbons (Fsp3) is 0.786. The van der Waals surface area contributed by atoms with E-state index in [-0.39, 0.29) is 12.6 Å². The highest BCUT2D eigenvalue weighted by Crippen LogP contribution is 2.08. The summed E-state index contributed by atoms with van der Waals surface area (Å²) >= 11 is 0. The van der Waals surface area contributed by atoms with Gasteiger partial charge in [0.2, 0.25) is 0 Å². The maximum Gasteiger partial charge on any atom is 0.408 e. The minimum absolute atomic E-state index is 0.0393. The normalized spacial score (nSPS) is 16.4. The van der Waals surface area contributed by atoms with Crippen molar-refractivity contribution in [3.8, 4) is 0 Å². The summed E-state index contributed by atoms with van der Waals surface area (Å²) in [4.78, 5) is 42.4. The standard InChI is InChI=1S/C14H26N4O5/c1-14(2,3)23-13(21)16-10(11(19)17(4)22-5)9-18-8-6-7-15-12(18)20/h10H,6-9H2,1-5H3,(H,15,20)(H,16,21)/t10-/m0/s1. The summed E-state index contributed by atoms with van der Waals surface area (Å²) in [6, 6.07) is -1.22. The molecule has 132 valence electrons. The molecule has 1 saturated heterocycles. The zero-order valence-corrected chi connectivity index (χ0v) is 14.3. The Morgan fingerprint density at radius 3 is 2.61 bits per heavy atom. The van der Waals surface area contributed by atoms with E-state index in [2.05, 4.69) is 10.6 Å². The van der Waals surface area contributed by atoms with Gasteiger partial charge in [-0.2, -0.15) is 0 Å². The van der Waals surface area contributed by atoms with Crippen LogP contribution in [0.2, 0.25) is 0 Å². The molecule has 9 nitrogen and oxygen atoms in total. The molecule has 0 radical (unpaired) electrons. The monoisotopic (exact) mass is 330 g/mol. The molecule has 1 fully saturated rings. The summed E-state index contributed by atoms with van der Waals surface area (Å²) in [5.41, 5.74) is -0.687. The molecule has 0 aromatic carbocycles. The van der Waals surface area contributed by atoms with Crippen molar-refractivity contribution in [2.75, 3.05) is 33.8 Å². The smallest absolute Gasteiger partial charge is 0.408 e. The number of hydrogen-bond donors (Lipinski definition) is 2. The van der Waals surface area contributed by atoms with Crippen LogP contribution in [0, 0.1) is 0 Å². The van der Waals surface area contributed by atoms with Crippen LogP contribution in [0.25, 0.3) is 0 Å². The van der Waals surface area contributed by atoms with Gasteiger partial charge in [-0.05, 0) is 27.2 Å². The minimum Gasteiger partial charge on any atom is -0.444 e. The average Bonchev–Trinajstić information content (AvgIpc) is 2.45. The van der Waals surface area contributed by atoms with E-state index in [0.29, 0.717) is 13.1 Å². The maximum absolute atomic E-state index is 12.3. The van der Waals surface area contributed by atoms with E-state index in [1.165, 1.54) is 19.1 Å². The van der Waals surface area contributed by atoms with Gasteiger partial charge in [-0.25, -0.2) is 14.7 Å². The molecule has 0 saturated carbocycles. The van der Waals surface area contributed by atoms with E-state index in [9.17, 15) is 14.4 Å². The maximum atomic E-state index is 12.3. The second-order valence-corrected chi connectivity index (χ2v) is 6.25. The number of ether oxygens (including phenoxy) is 1. The number of hydrogen-bond acceptors (Lipinski definition) is 5. The summed E-state index contributed by atoms with van der Waals surface area (Å²) in [5, 5.41) is 6.20. The average molecular weight is 330 g/mol. The number of nitrogens with zero attached hydrogens (tertiary/aromatic N) is 2. The van der Waals surface area contributed by atoms with Crippen molar-refractivity contribution in [2.45, 2.75) is 38.8 Å². The van der Waals surface area contributed by atoms with Crippen molar-refractivity contribution in [2.24, 2.45) is 0 Å². The van der Waals surface area contributed by atoms with Crippen LogP contribution in [-0.4, -0.2) is 73.4 Å². The third kappa shape index (κ3) is 6.31. The minimum atomic E-state index is -0.960. The lowest BCUT2D eigenvalue weighted by atomic mass is 10.2. The lowest BCUT2D eigenvalue weighted by Crippen LogP contribution is -2.57. The number of carbonyl (C=O) groups is 3. The van der Waals surface area contributed by atoms with E-state index >= 15 is 0 Å². The van der Waals surface area contributed by atoms with Gasteiger partial charge in [-0.3, -0.25) is 9.63 Å². The molecule has 0 aliphatic carbocycles. The van der Waals surface area contributed by atoms with E-state index in [4.69, 9.17) is 9.57 Å². The molecule has 1 aliphatic heterocycles. The van der Waals surface area contributed by atoms with Crippen LogP contribution in [-0.2, 0) is 14.4 Å². The number of carbonyl (C=O) groups excluding carboxylic acids is 3. The molecular formula is C14H26N4O5. The number of alkyl carbamates (subject to hydrolysis) is 1. The Morgan fingerprint density at radius 2 is 2.09 bits per heavy atom. The molecule has 23 heavy (non-hydrogen) atoms. The SMILES string of the molecule is CON(C)C(=O)[C@H](CN1CCCNC1=O)NC(=O)OC(C)(C)C. The topological polar surface area (TPSA) is 100 Å². The first-order valence-electron chi connectivity index (χ1n) is 7.48. The first kappa shape index (κ1) is 19.0. The molecular weight excluding hydrogens is 304 g/mol. The van der Waals surface area contributed by atoms with Crippen LogP contribution in [0.15, 0.2) is 0 Å². The second kappa shape index (κ2) is 8.00. The number of urea groups is 1. The molecule has 1 rings (SSSR count). The largest absolute Gasteiger partial charge is 0.444 e. The van der Waals surface area contributed by atoms with Crippen molar-refractivity contribution in [1.29, 1.82) is 0 Å². The van der Waals surface area contributed by atoms with Gasteiger partial charge < -0.3 is 20.3 Å². The summed E-state index contributed by atoms with van der Waals surface area (Å²) in [7, 11) is 2.78. The van der Waals surface area contributed by atoms with Crippen molar-refractivity contribution < 1.29 is 24.0 Å². The van der Waals surface area contributed by atoms with E-state index in [1.54, 1.807) is 20.8 Å². The highest BCUT2D eigenvalue weighted by Gasteiger charge is 2.31. The Hall–Kier alpha value is -2.03. The zero-order chi connectivity index (χ0) is 17.6. The molecule has 0 spiro atoms. The summed E-state index contributed by atoms with van der Waals surface area (Å²) in [6.45, 7) is 6.33. The summed E-state index contributed by atoms with van der Waals surface area (Å²) < 4.78 is 5.17. The lowest BCUT2D eigenvalue weighted by molar-refractivity contribution is -0.171. The summed E-state index contributed by atoms with van der Waals surface area (Å²) in [6.07, 6.45) is 0.0527. The van der Waals surface area contributed by atoms with Crippen LogP contribution in [0.1, 0.15) is 27.2 Å².